The molecule has 1 aromatic carbocycles. The zero-order valence-electron chi connectivity index (χ0n) is 15.7. The van der Waals surface area contributed by atoms with Gasteiger partial charge in [-0.2, -0.15) is 0 Å². The number of hydrogen-bond donors (Lipinski definition) is 2. The van der Waals surface area contributed by atoms with Gasteiger partial charge in [0.05, 0.1) is 28.7 Å². The Labute approximate surface area is 162 Å². The standard InChI is InChI=1S/C19H26BrN3O3/c1-19(2,3)26-18(24)23-16(11-7-5-6-8-11)17-21-13-9-12(20)15(25-4)10-14(13)22-17/h9-11,16H,5-8H2,1-4H3,(H,21,22)(H,23,24)/t16-/m1/s1. The number of hydrogen-bond acceptors (Lipinski definition) is 4. The average Bonchev–Trinajstić information content (AvgIpc) is 3.19. The number of fused-ring (bicyclic) bond motifs is 1. The SMILES string of the molecule is COc1cc2nc([C@H](NC(=O)OC(C)(C)C)C3CCCC3)[nH]c2cc1Br. The summed E-state index contributed by atoms with van der Waals surface area (Å²) in [6.45, 7) is 5.59. The lowest BCUT2D eigenvalue weighted by atomic mass is 9.97. The highest BCUT2D eigenvalue weighted by atomic mass is 79.9. The minimum Gasteiger partial charge on any atom is -0.495 e. The number of H-pyrrole nitrogens is 1. The number of benzene rings is 1. The van der Waals surface area contributed by atoms with E-state index in [2.05, 4.69) is 26.2 Å². The van der Waals surface area contributed by atoms with Crippen LogP contribution in [-0.2, 0) is 4.74 Å². The van der Waals surface area contributed by atoms with Crippen molar-refractivity contribution in [2.45, 2.75) is 58.1 Å². The maximum atomic E-state index is 12.4. The van der Waals surface area contributed by atoms with E-state index in [0.29, 0.717) is 5.92 Å². The third-order valence-electron chi connectivity index (χ3n) is 4.61. The fourth-order valence-electron chi connectivity index (χ4n) is 3.47. The van der Waals surface area contributed by atoms with Crippen molar-refractivity contribution in [3.8, 4) is 5.75 Å². The molecule has 0 unspecified atom stereocenters. The van der Waals surface area contributed by atoms with Crippen molar-refractivity contribution in [3.63, 3.8) is 0 Å². The monoisotopic (exact) mass is 423 g/mol. The van der Waals surface area contributed by atoms with Crippen molar-refractivity contribution in [1.29, 1.82) is 0 Å². The predicted octanol–water partition coefficient (Wildman–Crippen LogP) is 5.09. The Bertz CT molecular complexity index is 791. The van der Waals surface area contributed by atoms with Gasteiger partial charge in [-0.05, 0) is 61.5 Å². The molecule has 0 bridgehead atoms. The van der Waals surface area contributed by atoms with Crippen LogP contribution in [0.25, 0.3) is 11.0 Å². The highest BCUT2D eigenvalue weighted by Crippen LogP contribution is 2.36. The number of ether oxygens (including phenoxy) is 2. The summed E-state index contributed by atoms with van der Waals surface area (Å²) in [5.41, 5.74) is 1.19. The molecule has 0 spiro atoms. The van der Waals surface area contributed by atoms with E-state index in [0.717, 1.165) is 39.9 Å². The van der Waals surface area contributed by atoms with Crippen molar-refractivity contribution < 1.29 is 14.3 Å². The van der Waals surface area contributed by atoms with Crippen LogP contribution < -0.4 is 10.1 Å². The minimum absolute atomic E-state index is 0.190. The molecule has 0 aliphatic heterocycles. The molecule has 1 aliphatic rings. The van der Waals surface area contributed by atoms with Crippen molar-refractivity contribution in [2.75, 3.05) is 7.11 Å². The molecule has 1 fully saturated rings. The van der Waals surface area contributed by atoms with Crippen molar-refractivity contribution in [2.24, 2.45) is 5.92 Å². The molecule has 7 heteroatoms. The largest absolute Gasteiger partial charge is 0.495 e. The summed E-state index contributed by atoms with van der Waals surface area (Å²) in [5.74, 6) is 1.85. The van der Waals surface area contributed by atoms with Gasteiger partial charge in [-0.1, -0.05) is 12.8 Å². The van der Waals surface area contributed by atoms with Crippen LogP contribution in [-0.4, -0.2) is 28.8 Å². The first-order valence-corrected chi connectivity index (χ1v) is 9.79. The molecule has 1 aromatic heterocycles. The zero-order chi connectivity index (χ0) is 18.9. The van der Waals surface area contributed by atoms with Crippen LogP contribution in [0.5, 0.6) is 5.75 Å². The topological polar surface area (TPSA) is 76.2 Å². The summed E-state index contributed by atoms with van der Waals surface area (Å²) >= 11 is 3.50. The molecule has 1 atom stereocenters. The first-order valence-electron chi connectivity index (χ1n) is 8.99. The lowest BCUT2D eigenvalue weighted by molar-refractivity contribution is 0.0482. The van der Waals surface area contributed by atoms with E-state index in [1.165, 1.54) is 12.8 Å². The maximum Gasteiger partial charge on any atom is 0.408 e. The number of alkyl carbamates (subject to hydrolysis) is 1. The van der Waals surface area contributed by atoms with Crippen molar-refractivity contribution in [3.05, 3.63) is 22.4 Å². The molecule has 0 saturated heterocycles. The molecule has 0 radical (unpaired) electrons. The number of aromatic nitrogens is 2. The third-order valence-corrected chi connectivity index (χ3v) is 5.23. The maximum absolute atomic E-state index is 12.4. The molecule has 1 amide bonds. The Hall–Kier alpha value is -1.76. The molecular weight excluding hydrogens is 398 g/mol. The second-order valence-electron chi connectivity index (χ2n) is 7.79. The third kappa shape index (κ3) is 4.31. The van der Waals surface area contributed by atoms with Crippen molar-refractivity contribution in [1.82, 2.24) is 15.3 Å². The van der Waals surface area contributed by atoms with Crippen molar-refractivity contribution >= 4 is 33.1 Å². The van der Waals surface area contributed by atoms with E-state index in [4.69, 9.17) is 14.5 Å². The van der Waals surface area contributed by atoms with E-state index in [-0.39, 0.29) is 6.04 Å². The number of aromatic amines is 1. The van der Waals surface area contributed by atoms with E-state index >= 15 is 0 Å². The molecule has 1 saturated carbocycles. The quantitative estimate of drug-likeness (QED) is 0.717. The summed E-state index contributed by atoms with van der Waals surface area (Å²) in [6, 6.07) is 3.65. The van der Waals surface area contributed by atoms with Gasteiger partial charge in [0, 0.05) is 6.07 Å². The van der Waals surface area contributed by atoms with Crippen LogP contribution in [0.2, 0.25) is 0 Å². The lowest BCUT2D eigenvalue weighted by Crippen LogP contribution is -2.37. The number of nitrogens with one attached hydrogen (secondary N) is 2. The number of halogens is 1. The van der Waals surface area contributed by atoms with Gasteiger partial charge in [0.2, 0.25) is 0 Å². The zero-order valence-corrected chi connectivity index (χ0v) is 17.3. The highest BCUT2D eigenvalue weighted by molar-refractivity contribution is 9.10. The number of imidazole rings is 1. The first kappa shape index (κ1) is 19.0. The van der Waals surface area contributed by atoms with Gasteiger partial charge in [0.1, 0.15) is 17.2 Å². The number of rotatable bonds is 4. The number of methoxy groups -OCH3 is 1. The van der Waals surface area contributed by atoms with Crippen LogP contribution in [0.4, 0.5) is 4.79 Å². The van der Waals surface area contributed by atoms with Gasteiger partial charge in [0.25, 0.3) is 0 Å². The summed E-state index contributed by atoms with van der Waals surface area (Å²) < 4.78 is 11.7. The molecule has 6 nitrogen and oxygen atoms in total. The van der Waals surface area contributed by atoms with Crippen LogP contribution in [0.3, 0.4) is 0 Å². The fourth-order valence-corrected chi connectivity index (χ4v) is 3.97. The molecule has 26 heavy (non-hydrogen) atoms. The minimum atomic E-state index is -0.531. The smallest absolute Gasteiger partial charge is 0.408 e. The predicted molar refractivity (Wildman–Crippen MR) is 104 cm³/mol. The molecule has 142 valence electrons. The molecule has 3 rings (SSSR count). The number of nitrogens with zero attached hydrogens (tertiary/aromatic N) is 1. The van der Waals surface area contributed by atoms with Gasteiger partial charge in [-0.25, -0.2) is 9.78 Å². The average molecular weight is 424 g/mol. The molecule has 1 aliphatic carbocycles. The number of carbonyl (C=O) groups is 1. The molecule has 1 heterocycles. The summed E-state index contributed by atoms with van der Waals surface area (Å²) in [5, 5.41) is 3.04. The van der Waals surface area contributed by atoms with Gasteiger partial charge in [-0.3, -0.25) is 0 Å². The normalized spacial score (nSPS) is 16.7. The van der Waals surface area contributed by atoms with Crippen LogP contribution >= 0.6 is 15.9 Å². The molecular formula is C19H26BrN3O3. The molecule has 2 N–H and O–H groups in total. The molecule has 2 aromatic rings. The van der Waals surface area contributed by atoms with Gasteiger partial charge in [-0.15, -0.1) is 0 Å². The second-order valence-corrected chi connectivity index (χ2v) is 8.65. The Morgan fingerprint density at radius 3 is 2.65 bits per heavy atom. The van der Waals surface area contributed by atoms with Crippen LogP contribution in [0.15, 0.2) is 16.6 Å². The van der Waals surface area contributed by atoms with Gasteiger partial charge in [0.15, 0.2) is 0 Å². The Balaban J connectivity index is 1.91. The Kier molecular flexibility index (Phi) is 5.46. The van der Waals surface area contributed by atoms with E-state index in [1.54, 1.807) is 7.11 Å². The first-order chi connectivity index (χ1) is 12.3. The van der Waals surface area contributed by atoms with E-state index < -0.39 is 11.7 Å². The number of carbonyl (C=O) groups excluding carboxylic acids is 1. The van der Waals surface area contributed by atoms with Crippen LogP contribution in [0.1, 0.15) is 58.3 Å². The van der Waals surface area contributed by atoms with Gasteiger partial charge >= 0.3 is 6.09 Å². The summed E-state index contributed by atoms with van der Waals surface area (Å²) in [4.78, 5) is 20.5. The lowest BCUT2D eigenvalue weighted by Gasteiger charge is -2.26. The van der Waals surface area contributed by atoms with E-state index in [1.807, 2.05) is 32.9 Å². The Morgan fingerprint density at radius 1 is 1.35 bits per heavy atom. The second kappa shape index (κ2) is 7.47. The fraction of sp³-hybridized carbons (Fsp3) is 0.579. The van der Waals surface area contributed by atoms with E-state index in [9.17, 15) is 4.79 Å². The summed E-state index contributed by atoms with van der Waals surface area (Å²) in [6.07, 6.45) is 4.09. The number of amides is 1. The Morgan fingerprint density at radius 2 is 2.04 bits per heavy atom. The highest BCUT2D eigenvalue weighted by Gasteiger charge is 2.31. The summed E-state index contributed by atoms with van der Waals surface area (Å²) in [7, 11) is 1.63. The van der Waals surface area contributed by atoms with Crippen LogP contribution in [0, 0.1) is 5.92 Å². The van der Waals surface area contributed by atoms with Gasteiger partial charge < -0.3 is 19.8 Å².